The number of carbonyl (C=O) groups is 2. The SMILES string of the molecule is CC(=O)Nc1ccc(-c2csc(NC(=O)Cn3ncc4ccccc4c3=O)n2)c(F)c1. The average Bonchev–Trinajstić information content (AvgIpc) is 3.18. The Labute approximate surface area is 179 Å². The zero-order valence-electron chi connectivity index (χ0n) is 16.3. The summed E-state index contributed by atoms with van der Waals surface area (Å²) in [7, 11) is 0. The second-order valence-corrected chi connectivity index (χ2v) is 7.51. The maximum atomic E-state index is 14.4. The standard InChI is InChI=1S/C21H16FN5O3S/c1-12(28)24-14-6-7-16(17(22)8-14)18-11-31-21(25-18)26-19(29)10-27-20(30)15-5-3-2-4-13(15)9-23-27/h2-9,11H,10H2,1H3,(H,24,28)(H,25,26,29). The minimum atomic E-state index is -0.554. The molecule has 0 unspecified atom stereocenters. The van der Waals surface area contributed by atoms with E-state index in [4.69, 9.17) is 0 Å². The third-order valence-electron chi connectivity index (χ3n) is 4.37. The lowest BCUT2D eigenvalue weighted by Crippen LogP contribution is -2.29. The third kappa shape index (κ3) is 4.48. The molecular formula is C21H16FN5O3S. The van der Waals surface area contributed by atoms with Crippen LogP contribution in [0.1, 0.15) is 6.92 Å². The first kappa shape index (κ1) is 20.4. The number of rotatable bonds is 5. The van der Waals surface area contributed by atoms with Crippen LogP contribution >= 0.6 is 11.3 Å². The molecule has 0 aliphatic carbocycles. The molecule has 2 aromatic carbocycles. The van der Waals surface area contributed by atoms with E-state index in [2.05, 4.69) is 20.7 Å². The Hall–Kier alpha value is -3.92. The van der Waals surface area contributed by atoms with Gasteiger partial charge >= 0.3 is 0 Å². The Balaban J connectivity index is 1.48. The highest BCUT2D eigenvalue weighted by Gasteiger charge is 2.14. The van der Waals surface area contributed by atoms with Gasteiger partial charge in [0.15, 0.2) is 5.13 Å². The van der Waals surface area contributed by atoms with Gasteiger partial charge in [-0.2, -0.15) is 5.10 Å². The van der Waals surface area contributed by atoms with Crippen LogP contribution in [0.15, 0.2) is 58.8 Å². The number of fused-ring (bicyclic) bond motifs is 1. The van der Waals surface area contributed by atoms with E-state index in [0.717, 1.165) is 16.0 Å². The molecule has 0 fully saturated rings. The maximum Gasteiger partial charge on any atom is 0.275 e. The summed E-state index contributed by atoms with van der Waals surface area (Å²) >= 11 is 1.13. The van der Waals surface area contributed by atoms with Crippen molar-refractivity contribution in [2.45, 2.75) is 13.5 Å². The number of hydrogen-bond donors (Lipinski definition) is 2. The van der Waals surface area contributed by atoms with Gasteiger partial charge in [-0.1, -0.05) is 18.2 Å². The summed E-state index contributed by atoms with van der Waals surface area (Å²) in [6.45, 7) is 1.06. The van der Waals surface area contributed by atoms with Gasteiger partial charge in [0.2, 0.25) is 11.8 Å². The molecule has 2 aromatic heterocycles. The molecule has 8 nitrogen and oxygen atoms in total. The number of nitrogens with one attached hydrogen (secondary N) is 2. The Morgan fingerprint density at radius 3 is 2.74 bits per heavy atom. The second-order valence-electron chi connectivity index (χ2n) is 6.66. The summed E-state index contributed by atoms with van der Waals surface area (Å²) in [5.74, 6) is -1.33. The number of thiazole rings is 1. The number of aromatic nitrogens is 3. The molecule has 0 aliphatic heterocycles. The predicted octanol–water partition coefficient (Wildman–Crippen LogP) is 3.26. The summed E-state index contributed by atoms with van der Waals surface area (Å²) in [6, 6.07) is 11.3. The summed E-state index contributed by atoms with van der Waals surface area (Å²) in [6.07, 6.45) is 1.53. The number of hydrogen-bond acceptors (Lipinski definition) is 6. The monoisotopic (exact) mass is 437 g/mol. The summed E-state index contributed by atoms with van der Waals surface area (Å²) < 4.78 is 15.5. The predicted molar refractivity (Wildman–Crippen MR) is 116 cm³/mol. The lowest BCUT2D eigenvalue weighted by atomic mass is 10.1. The molecule has 0 aliphatic rings. The molecule has 0 atom stereocenters. The molecule has 10 heteroatoms. The van der Waals surface area contributed by atoms with Crippen molar-refractivity contribution < 1.29 is 14.0 Å². The number of amides is 2. The van der Waals surface area contributed by atoms with Gasteiger partial charge in [-0.3, -0.25) is 14.4 Å². The molecule has 0 radical (unpaired) electrons. The molecule has 2 heterocycles. The smallest absolute Gasteiger partial charge is 0.275 e. The lowest BCUT2D eigenvalue weighted by Gasteiger charge is -2.06. The van der Waals surface area contributed by atoms with Crippen LogP contribution in [0, 0.1) is 5.82 Å². The van der Waals surface area contributed by atoms with E-state index in [1.807, 2.05) is 0 Å². The number of benzene rings is 2. The van der Waals surface area contributed by atoms with Gasteiger partial charge in [0.05, 0.1) is 17.3 Å². The van der Waals surface area contributed by atoms with Gasteiger partial charge in [0.25, 0.3) is 5.56 Å². The minimum absolute atomic E-state index is 0.235. The van der Waals surface area contributed by atoms with Crippen molar-refractivity contribution in [1.29, 1.82) is 0 Å². The van der Waals surface area contributed by atoms with E-state index in [9.17, 15) is 18.8 Å². The van der Waals surface area contributed by atoms with Crippen molar-refractivity contribution in [3.63, 3.8) is 0 Å². The first-order valence-corrected chi connectivity index (χ1v) is 10.1. The average molecular weight is 437 g/mol. The van der Waals surface area contributed by atoms with E-state index in [0.29, 0.717) is 22.2 Å². The number of nitrogens with zero attached hydrogens (tertiary/aromatic N) is 3. The van der Waals surface area contributed by atoms with E-state index in [-0.39, 0.29) is 28.7 Å². The van der Waals surface area contributed by atoms with Crippen LogP contribution in [-0.2, 0) is 16.1 Å². The first-order chi connectivity index (χ1) is 14.9. The molecule has 0 saturated carbocycles. The van der Waals surface area contributed by atoms with Crippen molar-refractivity contribution in [2.75, 3.05) is 10.6 Å². The minimum Gasteiger partial charge on any atom is -0.326 e. The number of carbonyl (C=O) groups excluding carboxylic acids is 2. The highest BCUT2D eigenvalue weighted by atomic mass is 32.1. The molecular weight excluding hydrogens is 421 g/mol. The largest absolute Gasteiger partial charge is 0.326 e. The normalized spacial score (nSPS) is 10.8. The molecule has 0 bridgehead atoms. The molecule has 2 amide bonds. The van der Waals surface area contributed by atoms with Crippen molar-refractivity contribution in [3.8, 4) is 11.3 Å². The topological polar surface area (TPSA) is 106 Å². The third-order valence-corrected chi connectivity index (χ3v) is 5.13. The highest BCUT2D eigenvalue weighted by molar-refractivity contribution is 7.14. The summed E-state index contributed by atoms with van der Waals surface area (Å²) in [5, 5.41) is 12.2. The van der Waals surface area contributed by atoms with Crippen LogP contribution in [0.3, 0.4) is 0 Å². The fourth-order valence-corrected chi connectivity index (χ4v) is 3.72. The van der Waals surface area contributed by atoms with Crippen LogP contribution in [0.25, 0.3) is 22.0 Å². The van der Waals surface area contributed by atoms with Crippen molar-refractivity contribution in [3.05, 3.63) is 70.2 Å². The fraction of sp³-hybridized carbons (Fsp3) is 0.0952. The van der Waals surface area contributed by atoms with E-state index in [1.54, 1.807) is 35.7 Å². The van der Waals surface area contributed by atoms with Gasteiger partial charge in [0.1, 0.15) is 12.4 Å². The summed E-state index contributed by atoms with van der Waals surface area (Å²) in [5.41, 5.74) is 0.548. The molecule has 2 N–H and O–H groups in total. The summed E-state index contributed by atoms with van der Waals surface area (Å²) in [4.78, 5) is 40.2. The van der Waals surface area contributed by atoms with Crippen LogP contribution < -0.4 is 16.2 Å². The fourth-order valence-electron chi connectivity index (χ4n) is 2.99. The molecule has 31 heavy (non-hydrogen) atoms. The van der Waals surface area contributed by atoms with Crippen LogP contribution in [0.2, 0.25) is 0 Å². The van der Waals surface area contributed by atoms with E-state index >= 15 is 0 Å². The molecule has 4 rings (SSSR count). The Kier molecular flexibility index (Phi) is 5.54. The highest BCUT2D eigenvalue weighted by Crippen LogP contribution is 2.28. The number of anilines is 2. The van der Waals surface area contributed by atoms with Gasteiger partial charge < -0.3 is 10.6 Å². The van der Waals surface area contributed by atoms with Crippen molar-refractivity contribution in [2.24, 2.45) is 0 Å². The van der Waals surface area contributed by atoms with Gasteiger partial charge in [0, 0.05) is 28.9 Å². The van der Waals surface area contributed by atoms with E-state index < -0.39 is 11.7 Å². The Morgan fingerprint density at radius 1 is 1.16 bits per heavy atom. The molecule has 0 saturated heterocycles. The number of halogens is 1. The lowest BCUT2D eigenvalue weighted by molar-refractivity contribution is -0.117. The van der Waals surface area contributed by atoms with Crippen LogP contribution in [-0.4, -0.2) is 26.6 Å². The van der Waals surface area contributed by atoms with Crippen molar-refractivity contribution in [1.82, 2.24) is 14.8 Å². The first-order valence-electron chi connectivity index (χ1n) is 9.18. The van der Waals surface area contributed by atoms with Crippen LogP contribution in [0.5, 0.6) is 0 Å². The maximum absolute atomic E-state index is 14.4. The second kappa shape index (κ2) is 8.44. The van der Waals surface area contributed by atoms with E-state index in [1.165, 1.54) is 25.3 Å². The Morgan fingerprint density at radius 2 is 1.97 bits per heavy atom. The Bertz CT molecular complexity index is 1360. The zero-order valence-corrected chi connectivity index (χ0v) is 17.1. The van der Waals surface area contributed by atoms with Gasteiger partial charge in [-0.25, -0.2) is 14.1 Å². The van der Waals surface area contributed by atoms with Crippen LogP contribution in [0.4, 0.5) is 15.2 Å². The molecule has 0 spiro atoms. The quantitative estimate of drug-likeness (QED) is 0.499. The van der Waals surface area contributed by atoms with Gasteiger partial charge in [-0.15, -0.1) is 11.3 Å². The molecule has 156 valence electrons. The van der Waals surface area contributed by atoms with Gasteiger partial charge in [-0.05, 0) is 24.3 Å². The molecule has 4 aromatic rings. The van der Waals surface area contributed by atoms with Crippen molar-refractivity contribution >= 4 is 44.7 Å². The zero-order chi connectivity index (χ0) is 22.0.